The summed E-state index contributed by atoms with van der Waals surface area (Å²) in [6.45, 7) is 2.84. The van der Waals surface area contributed by atoms with Gasteiger partial charge in [0, 0.05) is 28.7 Å². The first kappa shape index (κ1) is 34.3. The Kier molecular flexibility index (Phi) is 8.95. The molecule has 1 aromatic carbocycles. The number of hydrogen-bond acceptors (Lipinski definition) is 11. The Balaban J connectivity index is 1.20. The number of Topliss-reactive ketones (excluding diaryl/α,β-unsaturated/α-hetero) is 1. The van der Waals surface area contributed by atoms with Crippen molar-refractivity contribution in [3.8, 4) is 0 Å². The molecule has 4 aromatic rings. The molecule has 0 unspecified atom stereocenters. The van der Waals surface area contributed by atoms with Crippen LogP contribution in [0, 0.1) is 17.1 Å². The first-order valence-corrected chi connectivity index (χ1v) is 16.9. The number of amidine groups is 1. The summed E-state index contributed by atoms with van der Waals surface area (Å²) in [5, 5.41) is 31.9. The summed E-state index contributed by atoms with van der Waals surface area (Å²) in [6, 6.07) is 6.16. The van der Waals surface area contributed by atoms with Crippen molar-refractivity contribution in [2.24, 2.45) is 16.8 Å². The van der Waals surface area contributed by atoms with Crippen LogP contribution in [0.3, 0.4) is 0 Å². The monoisotopic (exact) mass is 724 g/mol. The Labute approximate surface area is 290 Å². The van der Waals surface area contributed by atoms with E-state index in [1.807, 2.05) is 4.57 Å². The lowest BCUT2D eigenvalue weighted by Gasteiger charge is -2.49. The van der Waals surface area contributed by atoms with Crippen LogP contribution in [0.4, 0.5) is 9.52 Å². The molecule has 1 amide bonds. The van der Waals surface area contributed by atoms with Crippen LogP contribution in [-0.4, -0.2) is 81.2 Å². The second-order valence-electron chi connectivity index (χ2n) is 12.1. The first-order valence-electron chi connectivity index (χ1n) is 15.0. The maximum atomic E-state index is 14.7. The van der Waals surface area contributed by atoms with Crippen LogP contribution in [0.5, 0.6) is 0 Å². The second-order valence-corrected chi connectivity index (χ2v) is 14.1. The summed E-state index contributed by atoms with van der Waals surface area (Å²) in [4.78, 5) is 61.4. The third kappa shape index (κ3) is 6.31. The van der Waals surface area contributed by atoms with Crippen molar-refractivity contribution in [2.75, 3.05) is 11.5 Å². The van der Waals surface area contributed by atoms with Gasteiger partial charge in [0.1, 0.15) is 35.8 Å². The standard InChI is InChI=1S/C31H30FN9O7S2/c1-31(2,29(46)47)48-37-23(20-14-50-30(35)36-20)21(42)10-18-26(43)41-24(28(44)45)17(13-49-27(18)41)12-39-6-5-22-38(7-8-40(22)39)11-16-4-3-15(25(33)34)9-19(16)32/h3-9,14,18,27H,10-13H2,1-2H3,(H6-,33,34,35,36,44,45,46,47)/p+1/b37-23-/t18-,27-/m1/s1. The van der Waals surface area contributed by atoms with Gasteiger partial charge in [0.05, 0.1) is 30.1 Å². The van der Waals surface area contributed by atoms with Crippen LogP contribution >= 0.6 is 23.1 Å². The predicted octanol–water partition coefficient (Wildman–Crippen LogP) is 1.65. The Morgan fingerprint density at radius 2 is 2.00 bits per heavy atom. The minimum atomic E-state index is -1.76. The second kappa shape index (κ2) is 13.0. The number of thiazole rings is 1. The van der Waals surface area contributed by atoms with Crippen molar-refractivity contribution in [3.05, 3.63) is 82.1 Å². The number of carbonyl (C=O) groups is 4. The van der Waals surface area contributed by atoms with Crippen LogP contribution in [-0.2, 0) is 37.1 Å². The van der Waals surface area contributed by atoms with Gasteiger partial charge in [-0.05, 0) is 25.5 Å². The molecule has 50 heavy (non-hydrogen) atoms. The predicted molar refractivity (Wildman–Crippen MR) is 179 cm³/mol. The molecule has 5 heterocycles. The maximum absolute atomic E-state index is 14.7. The van der Waals surface area contributed by atoms with Crippen molar-refractivity contribution in [1.82, 2.24) is 19.1 Å². The normalized spacial score (nSPS) is 17.9. The number of oxime groups is 1. The SMILES string of the molecule is CC(C)(O/N=C(\C(=O)C[C@@H]1C(=O)N2C(C(=O)O)=C(Cn3ccc4n3cc[n+]4Cc3ccc(C(=N)N)cc3F)CS[C@H]12)c1csc(N)n1)C(=O)O. The van der Waals surface area contributed by atoms with Gasteiger partial charge in [-0.1, -0.05) is 17.3 Å². The van der Waals surface area contributed by atoms with Gasteiger partial charge in [0.2, 0.25) is 11.5 Å². The number of nitrogens with zero attached hydrogens (tertiary/aromatic N) is 6. The molecule has 16 nitrogen and oxygen atoms in total. The number of aliphatic carboxylic acids is 2. The molecule has 2 aliphatic heterocycles. The highest BCUT2D eigenvalue weighted by Crippen LogP contribution is 2.45. The van der Waals surface area contributed by atoms with E-state index in [1.54, 1.807) is 46.0 Å². The van der Waals surface area contributed by atoms with Crippen LogP contribution < -0.4 is 16.0 Å². The number of carboxylic acid groups (broad SMARTS) is 2. The van der Waals surface area contributed by atoms with E-state index in [9.17, 15) is 33.8 Å². The number of hydrogen-bond donors (Lipinski definition) is 5. The van der Waals surface area contributed by atoms with Gasteiger partial charge in [0.25, 0.3) is 0 Å². The highest BCUT2D eigenvalue weighted by Gasteiger charge is 2.54. The lowest BCUT2D eigenvalue weighted by Crippen LogP contribution is -2.62. The number of rotatable bonds is 13. The molecule has 260 valence electrons. The summed E-state index contributed by atoms with van der Waals surface area (Å²) >= 11 is 2.36. The zero-order valence-electron chi connectivity index (χ0n) is 26.6. The Morgan fingerprint density at radius 3 is 2.64 bits per heavy atom. The molecule has 0 radical (unpaired) electrons. The van der Waals surface area contributed by atoms with E-state index in [0.29, 0.717) is 16.8 Å². The fraction of sp³-hybridized carbons (Fsp3) is 0.290. The minimum absolute atomic E-state index is 0.0624. The number of benzene rings is 1. The van der Waals surface area contributed by atoms with E-state index >= 15 is 0 Å². The van der Waals surface area contributed by atoms with Gasteiger partial charge in [-0.3, -0.25) is 19.9 Å². The van der Waals surface area contributed by atoms with Gasteiger partial charge >= 0.3 is 17.6 Å². The quantitative estimate of drug-likeness (QED) is 0.0437. The van der Waals surface area contributed by atoms with E-state index in [2.05, 4.69) is 10.1 Å². The molecule has 7 N–H and O–H groups in total. The molecule has 1 fully saturated rings. The van der Waals surface area contributed by atoms with Crippen molar-refractivity contribution >= 4 is 69.1 Å². The average molecular weight is 725 g/mol. The number of imidazole rings is 1. The van der Waals surface area contributed by atoms with E-state index in [4.69, 9.17) is 21.7 Å². The number of fused-ring (bicyclic) bond motifs is 2. The maximum Gasteiger partial charge on any atom is 0.352 e. The molecule has 0 spiro atoms. The fourth-order valence-corrected chi connectivity index (χ4v) is 7.55. The number of anilines is 1. The van der Waals surface area contributed by atoms with E-state index in [0.717, 1.165) is 11.3 Å². The molecule has 0 bridgehead atoms. The number of amides is 1. The van der Waals surface area contributed by atoms with Crippen LogP contribution in [0.15, 0.2) is 64.7 Å². The Morgan fingerprint density at radius 1 is 1.24 bits per heavy atom. The van der Waals surface area contributed by atoms with E-state index in [1.165, 1.54) is 42.0 Å². The smallest absolute Gasteiger partial charge is 0.352 e. The van der Waals surface area contributed by atoms with Crippen molar-refractivity contribution in [3.63, 3.8) is 0 Å². The molecule has 3 aromatic heterocycles. The number of nitrogens with two attached hydrogens (primary N) is 2. The van der Waals surface area contributed by atoms with Gasteiger partial charge in [0.15, 0.2) is 22.8 Å². The lowest BCUT2D eigenvalue weighted by molar-refractivity contribution is -0.662. The molecule has 0 aliphatic carbocycles. The number of nitrogen functional groups attached to an aromatic ring is 2. The summed E-state index contributed by atoms with van der Waals surface area (Å²) in [5.74, 6) is -5.15. The third-order valence-corrected chi connectivity index (χ3v) is 10.4. The Bertz CT molecular complexity index is 2150. The number of carboxylic acids is 2. The van der Waals surface area contributed by atoms with Crippen molar-refractivity contribution in [2.45, 2.75) is 44.3 Å². The van der Waals surface area contributed by atoms with Crippen LogP contribution in [0.25, 0.3) is 5.65 Å². The molecule has 19 heteroatoms. The van der Waals surface area contributed by atoms with Gasteiger partial charge in [-0.2, -0.15) is 0 Å². The zero-order chi connectivity index (χ0) is 36.1. The Hall–Kier alpha value is -5.56. The first-order chi connectivity index (χ1) is 23.7. The van der Waals surface area contributed by atoms with Crippen LogP contribution in [0.2, 0.25) is 0 Å². The number of halogens is 1. The summed E-state index contributed by atoms with van der Waals surface area (Å²) in [5.41, 5.74) is 10.9. The van der Waals surface area contributed by atoms with E-state index in [-0.39, 0.29) is 58.9 Å². The number of carbonyl (C=O) groups excluding carboxylic acids is 2. The van der Waals surface area contributed by atoms with Crippen molar-refractivity contribution < 1.29 is 43.2 Å². The molecule has 2 aliphatic rings. The number of aromatic nitrogens is 4. The molecular weight excluding hydrogens is 694 g/mol. The average Bonchev–Trinajstić information content (AvgIpc) is 3.78. The van der Waals surface area contributed by atoms with Gasteiger partial charge in [-0.15, -0.1) is 27.6 Å². The highest BCUT2D eigenvalue weighted by atomic mass is 32.2. The van der Waals surface area contributed by atoms with Crippen LogP contribution in [0.1, 0.15) is 37.1 Å². The van der Waals surface area contributed by atoms with E-state index < -0.39 is 46.3 Å². The van der Waals surface area contributed by atoms with Crippen molar-refractivity contribution in [1.29, 1.82) is 5.41 Å². The molecule has 0 saturated carbocycles. The summed E-state index contributed by atoms with van der Waals surface area (Å²) in [7, 11) is 0. The fourth-order valence-electron chi connectivity index (χ4n) is 5.60. The third-order valence-electron chi connectivity index (χ3n) is 8.32. The number of nitrogens with one attached hydrogen (secondary N) is 1. The highest BCUT2D eigenvalue weighted by molar-refractivity contribution is 8.00. The number of β-lactam (4-membered cyclic amide) rings is 1. The summed E-state index contributed by atoms with van der Waals surface area (Å²) in [6.07, 6.45) is 4.92. The van der Waals surface area contributed by atoms with Gasteiger partial charge < -0.3 is 26.5 Å². The number of ketones is 1. The topological polar surface area (TPSA) is 236 Å². The molecule has 1 saturated heterocycles. The number of thioether (sulfide) groups is 1. The zero-order valence-corrected chi connectivity index (χ0v) is 28.2. The summed E-state index contributed by atoms with van der Waals surface area (Å²) < 4.78 is 20.1. The molecular formula is C31H31FN9O7S2+. The lowest BCUT2D eigenvalue weighted by atomic mass is 9.89. The minimum Gasteiger partial charge on any atom is -0.478 e. The molecule has 2 atom stereocenters. The van der Waals surface area contributed by atoms with Gasteiger partial charge in [-0.25, -0.2) is 28.2 Å². The molecule has 6 rings (SSSR count). The largest absolute Gasteiger partial charge is 0.478 e.